The number of ether oxygens (including phenoxy) is 1. The van der Waals surface area contributed by atoms with Crippen molar-refractivity contribution < 1.29 is 9.53 Å². The molecule has 1 unspecified atom stereocenters. The van der Waals surface area contributed by atoms with Crippen molar-refractivity contribution in [3.63, 3.8) is 0 Å². The summed E-state index contributed by atoms with van der Waals surface area (Å²) in [7, 11) is 1.58. The van der Waals surface area contributed by atoms with Gasteiger partial charge in [-0.25, -0.2) is 0 Å². The quantitative estimate of drug-likeness (QED) is 0.484. The molecule has 1 saturated heterocycles. The van der Waals surface area contributed by atoms with Gasteiger partial charge < -0.3 is 9.64 Å². The van der Waals surface area contributed by atoms with Crippen molar-refractivity contribution in [2.24, 2.45) is 11.0 Å². The standard InChI is InChI=1S/C12H13BrN4O2/c1-19-11-5-9(2-3-10(11)13)17-7-8(4-12(17)18)6-15-16-14/h2-3,5,8H,4,6-7H2,1H3. The van der Waals surface area contributed by atoms with E-state index in [-0.39, 0.29) is 11.8 Å². The van der Waals surface area contributed by atoms with Gasteiger partial charge in [0.05, 0.1) is 11.6 Å². The van der Waals surface area contributed by atoms with Crippen LogP contribution in [0.25, 0.3) is 10.4 Å². The Hall–Kier alpha value is -1.72. The zero-order valence-corrected chi connectivity index (χ0v) is 12.0. The number of azide groups is 1. The molecule has 1 aliphatic rings. The van der Waals surface area contributed by atoms with Gasteiger partial charge in [0.1, 0.15) is 5.75 Å². The normalized spacial score (nSPS) is 18.3. The van der Waals surface area contributed by atoms with E-state index in [1.165, 1.54) is 0 Å². The number of amides is 1. The number of nitrogens with zero attached hydrogens (tertiary/aromatic N) is 4. The molecule has 0 N–H and O–H groups in total. The van der Waals surface area contributed by atoms with Gasteiger partial charge in [-0.3, -0.25) is 4.79 Å². The summed E-state index contributed by atoms with van der Waals surface area (Å²) in [5.41, 5.74) is 9.11. The third-order valence-corrected chi connectivity index (χ3v) is 3.71. The largest absolute Gasteiger partial charge is 0.495 e. The van der Waals surface area contributed by atoms with Crippen LogP contribution in [0.15, 0.2) is 27.8 Å². The molecule has 7 heteroatoms. The zero-order chi connectivity index (χ0) is 13.8. The molecule has 1 fully saturated rings. The maximum atomic E-state index is 12.0. The molecular weight excluding hydrogens is 312 g/mol. The third kappa shape index (κ3) is 3.00. The Labute approximate surface area is 119 Å². The Morgan fingerprint density at radius 2 is 2.42 bits per heavy atom. The van der Waals surface area contributed by atoms with Crippen molar-refractivity contribution in [2.45, 2.75) is 6.42 Å². The molecule has 2 rings (SSSR count). The van der Waals surface area contributed by atoms with Crippen LogP contribution < -0.4 is 9.64 Å². The van der Waals surface area contributed by atoms with Crippen LogP contribution in [0, 0.1) is 5.92 Å². The van der Waals surface area contributed by atoms with E-state index in [1.807, 2.05) is 18.2 Å². The average Bonchev–Trinajstić information content (AvgIpc) is 2.78. The fraction of sp³-hybridized carbons (Fsp3) is 0.417. The van der Waals surface area contributed by atoms with Gasteiger partial charge in [0.15, 0.2) is 0 Å². The second-order valence-electron chi connectivity index (χ2n) is 4.31. The third-order valence-electron chi connectivity index (χ3n) is 3.05. The average molecular weight is 325 g/mol. The first-order chi connectivity index (χ1) is 9.15. The van der Waals surface area contributed by atoms with Gasteiger partial charge in [0, 0.05) is 36.2 Å². The minimum Gasteiger partial charge on any atom is -0.495 e. The molecule has 1 aromatic rings. The molecule has 0 radical (unpaired) electrons. The van der Waals surface area contributed by atoms with Gasteiger partial charge in [-0.1, -0.05) is 5.11 Å². The van der Waals surface area contributed by atoms with E-state index in [9.17, 15) is 4.79 Å². The van der Waals surface area contributed by atoms with Crippen LogP contribution in [0.5, 0.6) is 5.75 Å². The number of rotatable bonds is 4. The first-order valence-electron chi connectivity index (χ1n) is 5.80. The fourth-order valence-corrected chi connectivity index (χ4v) is 2.53. The number of methoxy groups -OCH3 is 1. The van der Waals surface area contributed by atoms with Gasteiger partial charge in [-0.05, 0) is 39.5 Å². The Morgan fingerprint density at radius 1 is 1.63 bits per heavy atom. The van der Waals surface area contributed by atoms with Gasteiger partial charge in [0.2, 0.25) is 5.91 Å². The summed E-state index contributed by atoms with van der Waals surface area (Å²) >= 11 is 3.38. The van der Waals surface area contributed by atoms with E-state index >= 15 is 0 Å². The van der Waals surface area contributed by atoms with E-state index in [1.54, 1.807) is 12.0 Å². The molecule has 1 amide bonds. The van der Waals surface area contributed by atoms with Crippen molar-refractivity contribution in [2.75, 3.05) is 25.1 Å². The topological polar surface area (TPSA) is 78.3 Å². The van der Waals surface area contributed by atoms with Crippen molar-refractivity contribution in [1.82, 2.24) is 0 Å². The molecule has 0 aliphatic carbocycles. The highest BCUT2D eigenvalue weighted by molar-refractivity contribution is 9.10. The van der Waals surface area contributed by atoms with Crippen LogP contribution in [-0.2, 0) is 4.79 Å². The van der Waals surface area contributed by atoms with E-state index < -0.39 is 0 Å². The molecular formula is C12H13BrN4O2. The highest BCUT2D eigenvalue weighted by Crippen LogP contribution is 2.32. The predicted octanol–water partition coefficient (Wildman–Crippen LogP) is 3.12. The lowest BCUT2D eigenvalue weighted by molar-refractivity contribution is -0.117. The Kier molecular flexibility index (Phi) is 4.29. The zero-order valence-electron chi connectivity index (χ0n) is 10.4. The maximum Gasteiger partial charge on any atom is 0.227 e. The number of carbonyl (C=O) groups is 1. The number of carbonyl (C=O) groups excluding carboxylic acids is 1. The lowest BCUT2D eigenvalue weighted by atomic mass is 10.1. The number of halogens is 1. The van der Waals surface area contributed by atoms with Crippen LogP contribution in [-0.4, -0.2) is 26.1 Å². The highest BCUT2D eigenvalue weighted by Gasteiger charge is 2.30. The Bertz CT molecular complexity index is 543. The number of benzene rings is 1. The Morgan fingerprint density at radius 3 is 3.11 bits per heavy atom. The second kappa shape index (κ2) is 5.95. The van der Waals surface area contributed by atoms with Crippen molar-refractivity contribution >= 4 is 27.5 Å². The van der Waals surface area contributed by atoms with Gasteiger partial charge in [-0.15, -0.1) is 0 Å². The summed E-state index contributed by atoms with van der Waals surface area (Å²) in [5, 5.41) is 3.53. The molecule has 0 aromatic heterocycles. The summed E-state index contributed by atoms with van der Waals surface area (Å²) in [6.07, 6.45) is 0.414. The molecule has 1 aromatic carbocycles. The summed E-state index contributed by atoms with van der Waals surface area (Å²) in [6.45, 7) is 0.926. The molecule has 1 atom stereocenters. The summed E-state index contributed by atoms with van der Waals surface area (Å²) < 4.78 is 6.06. The number of hydrogen-bond donors (Lipinski definition) is 0. The van der Waals surface area contributed by atoms with Gasteiger partial charge in [0.25, 0.3) is 0 Å². The first-order valence-corrected chi connectivity index (χ1v) is 6.59. The Balaban J connectivity index is 2.18. The van der Waals surface area contributed by atoms with Crippen LogP contribution in [0.3, 0.4) is 0 Å². The van der Waals surface area contributed by atoms with Crippen LogP contribution in [0.4, 0.5) is 5.69 Å². The van der Waals surface area contributed by atoms with Crippen molar-refractivity contribution in [1.29, 1.82) is 0 Å². The smallest absolute Gasteiger partial charge is 0.227 e. The predicted molar refractivity (Wildman–Crippen MR) is 75.2 cm³/mol. The fourth-order valence-electron chi connectivity index (χ4n) is 2.12. The summed E-state index contributed by atoms with van der Waals surface area (Å²) in [6, 6.07) is 5.53. The monoisotopic (exact) mass is 324 g/mol. The molecule has 6 nitrogen and oxygen atoms in total. The molecule has 100 valence electrons. The first kappa shape index (κ1) is 13.7. The van der Waals surface area contributed by atoms with Crippen molar-refractivity contribution in [3.8, 4) is 5.75 Å². The number of anilines is 1. The SMILES string of the molecule is COc1cc(N2CC(CN=[N+]=[N-])CC2=O)ccc1Br. The summed E-state index contributed by atoms with van der Waals surface area (Å²) in [5.74, 6) is 0.810. The van der Waals surface area contributed by atoms with Crippen LogP contribution >= 0.6 is 15.9 Å². The minimum atomic E-state index is 0.0440. The molecule has 0 bridgehead atoms. The van der Waals surface area contributed by atoms with E-state index in [0.29, 0.717) is 25.3 Å². The van der Waals surface area contributed by atoms with E-state index in [2.05, 4.69) is 26.0 Å². The molecule has 1 heterocycles. The lowest BCUT2D eigenvalue weighted by Crippen LogP contribution is -2.24. The van der Waals surface area contributed by atoms with E-state index in [0.717, 1.165) is 10.2 Å². The summed E-state index contributed by atoms with van der Waals surface area (Å²) in [4.78, 5) is 16.4. The van der Waals surface area contributed by atoms with E-state index in [4.69, 9.17) is 10.3 Å². The molecule has 0 spiro atoms. The highest BCUT2D eigenvalue weighted by atomic mass is 79.9. The molecule has 1 aliphatic heterocycles. The van der Waals surface area contributed by atoms with Gasteiger partial charge in [-0.2, -0.15) is 0 Å². The van der Waals surface area contributed by atoms with Gasteiger partial charge >= 0.3 is 0 Å². The van der Waals surface area contributed by atoms with Crippen LogP contribution in [0.1, 0.15) is 6.42 Å². The van der Waals surface area contributed by atoms with Crippen molar-refractivity contribution in [3.05, 3.63) is 33.1 Å². The lowest BCUT2D eigenvalue weighted by Gasteiger charge is -2.17. The van der Waals surface area contributed by atoms with Crippen LogP contribution in [0.2, 0.25) is 0 Å². The maximum absolute atomic E-state index is 12.0. The molecule has 0 saturated carbocycles. The number of hydrogen-bond acceptors (Lipinski definition) is 3. The second-order valence-corrected chi connectivity index (χ2v) is 5.16. The molecule has 19 heavy (non-hydrogen) atoms. The minimum absolute atomic E-state index is 0.0440.